The van der Waals surface area contributed by atoms with Gasteiger partial charge in [0.15, 0.2) is 16.6 Å². The monoisotopic (exact) mass is 728 g/mol. The van der Waals surface area contributed by atoms with Gasteiger partial charge in [-0.3, -0.25) is 9.98 Å². The zero-order valence-corrected chi connectivity index (χ0v) is 34.5. The Morgan fingerprint density at radius 3 is 1.05 bits per heavy atom. The molecule has 4 nitrogen and oxygen atoms in total. The highest BCUT2D eigenvalue weighted by molar-refractivity contribution is 6.70. The summed E-state index contributed by atoms with van der Waals surface area (Å²) in [7, 11) is -3.24. The van der Waals surface area contributed by atoms with Crippen LogP contribution in [0.4, 0.5) is 0 Å². The van der Waals surface area contributed by atoms with Crippen molar-refractivity contribution in [1.82, 2.24) is 0 Å². The van der Waals surface area contributed by atoms with Crippen LogP contribution in [0.2, 0.25) is 39.3 Å². The van der Waals surface area contributed by atoms with Crippen molar-refractivity contribution in [3.05, 3.63) is 0 Å². The van der Waals surface area contributed by atoms with Gasteiger partial charge in [-0.1, -0.05) is 27.7 Å². The van der Waals surface area contributed by atoms with Crippen LogP contribution < -0.4 is 0 Å². The molecule has 0 aromatic rings. The third-order valence-corrected chi connectivity index (χ3v) is 13.7. The summed E-state index contributed by atoms with van der Waals surface area (Å²) in [6, 6.07) is 0.161. The standard InChI is InChI=1S/C34H64Cl4N2O2Si2/c1-11-23-27(35)21-28(36)24(12-2)33(23)39-31(17-15-19-41-43(5,6)7)32(18-16-20-42-44(8,9)10)40-34-25(13-3)29(37)22-30(38)26(34)14-4/h23-30,33-34H,11-22H2,1-10H3. The first-order valence-corrected chi connectivity index (χ1v) is 26.1. The molecule has 0 spiro atoms. The number of hydrogen-bond donors (Lipinski definition) is 0. The molecule has 258 valence electrons. The first-order valence-electron chi connectivity index (χ1n) is 17.5. The topological polar surface area (TPSA) is 43.2 Å². The molecule has 8 atom stereocenters. The average molecular weight is 731 g/mol. The summed E-state index contributed by atoms with van der Waals surface area (Å²) in [5.41, 5.74) is 2.22. The Kier molecular flexibility index (Phi) is 17.9. The summed E-state index contributed by atoms with van der Waals surface area (Å²) < 4.78 is 12.6. The number of rotatable bonds is 17. The molecule has 2 fully saturated rings. The van der Waals surface area contributed by atoms with E-state index in [0.29, 0.717) is 23.7 Å². The van der Waals surface area contributed by atoms with Crippen molar-refractivity contribution in [2.24, 2.45) is 33.7 Å². The molecule has 0 radical (unpaired) electrons. The maximum Gasteiger partial charge on any atom is 0.183 e. The Bertz CT molecular complexity index is 807. The fraction of sp³-hybridized carbons (Fsp3) is 0.941. The summed E-state index contributed by atoms with van der Waals surface area (Å²) >= 11 is 28.0. The third-order valence-electron chi connectivity index (χ3n) is 9.53. The number of aliphatic imine (C=N–C) groups is 2. The zero-order chi connectivity index (χ0) is 33.2. The van der Waals surface area contributed by atoms with Gasteiger partial charge in [-0.25, -0.2) is 0 Å². The van der Waals surface area contributed by atoms with Crippen molar-refractivity contribution in [1.29, 1.82) is 0 Å². The van der Waals surface area contributed by atoms with Crippen LogP contribution in [-0.4, -0.2) is 74.9 Å². The lowest BCUT2D eigenvalue weighted by molar-refractivity contribution is 0.220. The molecule has 2 aliphatic carbocycles. The van der Waals surface area contributed by atoms with E-state index in [-0.39, 0.29) is 33.6 Å². The number of halogens is 4. The van der Waals surface area contributed by atoms with Crippen LogP contribution in [0.25, 0.3) is 0 Å². The maximum absolute atomic E-state index is 7.00. The van der Waals surface area contributed by atoms with Crippen molar-refractivity contribution >= 4 is 74.5 Å². The lowest BCUT2D eigenvalue weighted by atomic mass is 9.73. The normalized spacial score (nSPS) is 34.4. The Labute approximate surface area is 293 Å². The largest absolute Gasteiger partial charge is 0.418 e. The van der Waals surface area contributed by atoms with Gasteiger partial charge in [0.2, 0.25) is 0 Å². The molecule has 10 heteroatoms. The smallest absolute Gasteiger partial charge is 0.183 e. The van der Waals surface area contributed by atoms with Gasteiger partial charge in [-0.15, -0.1) is 46.4 Å². The summed E-state index contributed by atoms with van der Waals surface area (Å²) in [5, 5.41) is 0.120. The quantitative estimate of drug-likeness (QED) is 0.0647. The highest BCUT2D eigenvalue weighted by Gasteiger charge is 2.44. The SMILES string of the molecule is CCC1C(Cl)CC(Cl)C(CC)C1N=C(CCCO[Si](C)(C)C)C(CCCO[Si](C)(C)C)=NC1C(CC)C(Cl)CC(Cl)C1CC. The Balaban J connectivity index is 2.65. The van der Waals surface area contributed by atoms with E-state index in [0.717, 1.165) is 88.8 Å². The molecule has 0 aromatic carbocycles. The minimum Gasteiger partial charge on any atom is -0.418 e. The summed E-state index contributed by atoms with van der Waals surface area (Å²) in [6.07, 6.45) is 9.13. The first kappa shape index (κ1) is 41.0. The van der Waals surface area contributed by atoms with Crippen molar-refractivity contribution in [2.45, 2.75) is 165 Å². The molecule has 2 saturated carbocycles. The van der Waals surface area contributed by atoms with Gasteiger partial charge in [0, 0.05) is 34.7 Å². The van der Waals surface area contributed by atoms with E-state index in [1.54, 1.807) is 0 Å². The van der Waals surface area contributed by atoms with Crippen molar-refractivity contribution in [2.75, 3.05) is 13.2 Å². The molecule has 0 heterocycles. The second-order valence-electron chi connectivity index (χ2n) is 15.1. The minimum atomic E-state index is -1.62. The molecule has 44 heavy (non-hydrogen) atoms. The van der Waals surface area contributed by atoms with Crippen LogP contribution in [-0.2, 0) is 8.85 Å². The molecule has 0 aromatic heterocycles. The Morgan fingerprint density at radius 1 is 0.545 bits per heavy atom. The fourth-order valence-electron chi connectivity index (χ4n) is 7.15. The summed E-state index contributed by atoms with van der Waals surface area (Å²) in [4.78, 5) is 11.4. The minimum absolute atomic E-state index is 0.0300. The van der Waals surface area contributed by atoms with Gasteiger partial charge in [0.25, 0.3) is 0 Å². The molecule has 8 unspecified atom stereocenters. The van der Waals surface area contributed by atoms with E-state index in [1.807, 2.05) is 0 Å². The van der Waals surface area contributed by atoms with Crippen LogP contribution in [0.5, 0.6) is 0 Å². The van der Waals surface area contributed by atoms with Crippen LogP contribution in [0.3, 0.4) is 0 Å². The fourth-order valence-corrected chi connectivity index (χ4v) is 10.9. The van der Waals surface area contributed by atoms with Crippen molar-refractivity contribution in [3.8, 4) is 0 Å². The van der Waals surface area contributed by atoms with Crippen LogP contribution in [0, 0.1) is 23.7 Å². The molecular weight excluding hydrogens is 666 g/mol. The summed E-state index contributed by atoms with van der Waals surface area (Å²) in [5.74, 6) is 1.17. The number of nitrogens with zero attached hydrogens (tertiary/aromatic N) is 2. The molecule has 0 aliphatic heterocycles. The molecule has 0 N–H and O–H groups in total. The molecule has 0 saturated heterocycles. The van der Waals surface area contributed by atoms with Gasteiger partial charge in [-0.2, -0.15) is 0 Å². The van der Waals surface area contributed by atoms with E-state index in [2.05, 4.69) is 67.0 Å². The molecule has 2 rings (SSSR count). The maximum atomic E-state index is 7.00. The van der Waals surface area contributed by atoms with E-state index in [4.69, 9.17) is 65.2 Å². The number of hydrogen-bond acceptors (Lipinski definition) is 4. The Hall–Kier alpha value is 0.854. The van der Waals surface area contributed by atoms with Gasteiger partial charge < -0.3 is 8.85 Å². The summed E-state index contributed by atoms with van der Waals surface area (Å²) in [6.45, 7) is 23.9. The lowest BCUT2D eigenvalue weighted by Gasteiger charge is -2.42. The van der Waals surface area contributed by atoms with Crippen LogP contribution in [0.1, 0.15) is 91.9 Å². The van der Waals surface area contributed by atoms with Gasteiger partial charge in [0.1, 0.15) is 0 Å². The van der Waals surface area contributed by atoms with Gasteiger partial charge in [0.05, 0.1) is 23.5 Å². The molecule has 2 aliphatic rings. The molecular formula is C34H64Cl4N2O2Si2. The van der Waals surface area contributed by atoms with Crippen LogP contribution >= 0.6 is 46.4 Å². The predicted octanol–water partition coefficient (Wildman–Crippen LogP) is 11.2. The van der Waals surface area contributed by atoms with Gasteiger partial charge in [-0.05, 0) is 127 Å². The second-order valence-corrected chi connectivity index (χ2v) is 26.4. The second kappa shape index (κ2) is 19.1. The highest BCUT2D eigenvalue weighted by Crippen LogP contribution is 2.43. The predicted molar refractivity (Wildman–Crippen MR) is 202 cm³/mol. The number of alkyl halides is 4. The Morgan fingerprint density at radius 2 is 0.818 bits per heavy atom. The van der Waals surface area contributed by atoms with E-state index >= 15 is 0 Å². The van der Waals surface area contributed by atoms with Crippen molar-refractivity contribution in [3.63, 3.8) is 0 Å². The first-order chi connectivity index (χ1) is 20.6. The lowest BCUT2D eigenvalue weighted by Crippen LogP contribution is -2.46. The average Bonchev–Trinajstić information content (AvgIpc) is 2.91. The zero-order valence-electron chi connectivity index (χ0n) is 29.5. The van der Waals surface area contributed by atoms with Crippen molar-refractivity contribution < 1.29 is 8.85 Å². The third kappa shape index (κ3) is 12.7. The highest BCUT2D eigenvalue weighted by atomic mass is 35.5. The molecule has 0 amide bonds. The van der Waals surface area contributed by atoms with E-state index in [1.165, 1.54) is 0 Å². The van der Waals surface area contributed by atoms with Gasteiger partial charge >= 0.3 is 0 Å². The van der Waals surface area contributed by atoms with E-state index in [9.17, 15) is 0 Å². The molecule has 0 bridgehead atoms. The van der Waals surface area contributed by atoms with Crippen LogP contribution in [0.15, 0.2) is 9.98 Å². The van der Waals surface area contributed by atoms with E-state index < -0.39 is 16.6 Å².